The van der Waals surface area contributed by atoms with Gasteiger partial charge in [-0.25, -0.2) is 0 Å². The minimum Gasteiger partial charge on any atom is -0.455 e. The predicted octanol–water partition coefficient (Wildman–Crippen LogP) is 4.86. The van der Waals surface area contributed by atoms with Crippen molar-refractivity contribution in [1.82, 2.24) is 0 Å². The highest BCUT2D eigenvalue weighted by molar-refractivity contribution is 6.32. The lowest BCUT2D eigenvalue weighted by molar-refractivity contribution is 0.476. The van der Waals surface area contributed by atoms with Crippen molar-refractivity contribution in [2.75, 3.05) is 0 Å². The summed E-state index contributed by atoms with van der Waals surface area (Å²) in [5.41, 5.74) is 8.51. The first kappa shape index (κ1) is 14.2. The van der Waals surface area contributed by atoms with E-state index in [0.717, 1.165) is 21.7 Å². The number of nitrogens with two attached hydrogens (primary N) is 1. The van der Waals surface area contributed by atoms with Crippen LogP contribution in [0.15, 0.2) is 30.3 Å². The smallest absolute Gasteiger partial charge is 0.150 e. The molecule has 0 bridgehead atoms. The molecular formula is C15H15Cl2NO. The van der Waals surface area contributed by atoms with Crippen molar-refractivity contribution in [3.05, 3.63) is 57.1 Å². The molecule has 0 saturated heterocycles. The van der Waals surface area contributed by atoms with Crippen molar-refractivity contribution in [3.63, 3.8) is 0 Å². The van der Waals surface area contributed by atoms with Crippen LogP contribution in [-0.4, -0.2) is 0 Å². The van der Waals surface area contributed by atoms with E-state index in [1.54, 1.807) is 6.07 Å². The van der Waals surface area contributed by atoms with Gasteiger partial charge in [0.05, 0.1) is 5.02 Å². The molecule has 0 saturated carbocycles. The van der Waals surface area contributed by atoms with Gasteiger partial charge in [-0.05, 0) is 43.2 Å². The highest BCUT2D eigenvalue weighted by Gasteiger charge is 2.10. The van der Waals surface area contributed by atoms with Crippen LogP contribution >= 0.6 is 23.2 Å². The van der Waals surface area contributed by atoms with Crippen LogP contribution in [0.2, 0.25) is 10.0 Å². The van der Waals surface area contributed by atoms with E-state index in [9.17, 15) is 0 Å². The zero-order chi connectivity index (χ0) is 14.0. The summed E-state index contributed by atoms with van der Waals surface area (Å²) < 4.78 is 5.88. The van der Waals surface area contributed by atoms with Crippen molar-refractivity contribution in [2.45, 2.75) is 20.4 Å². The molecule has 0 aliphatic rings. The van der Waals surface area contributed by atoms with Gasteiger partial charge in [-0.2, -0.15) is 0 Å². The molecule has 0 atom stereocenters. The largest absolute Gasteiger partial charge is 0.455 e. The number of para-hydroxylation sites is 1. The Bertz CT molecular complexity index is 588. The molecule has 4 heteroatoms. The van der Waals surface area contributed by atoms with Crippen LogP contribution in [-0.2, 0) is 6.54 Å². The Morgan fingerprint density at radius 1 is 1.11 bits per heavy atom. The summed E-state index contributed by atoms with van der Waals surface area (Å²) in [4.78, 5) is 0. The Kier molecular flexibility index (Phi) is 4.35. The average molecular weight is 296 g/mol. The van der Waals surface area contributed by atoms with Crippen LogP contribution in [0.5, 0.6) is 11.5 Å². The molecule has 0 amide bonds. The predicted molar refractivity (Wildman–Crippen MR) is 80.3 cm³/mol. The quantitative estimate of drug-likeness (QED) is 0.877. The molecule has 0 unspecified atom stereocenters. The maximum absolute atomic E-state index is 6.16. The maximum atomic E-state index is 6.16. The van der Waals surface area contributed by atoms with E-state index < -0.39 is 0 Å². The van der Waals surface area contributed by atoms with Crippen LogP contribution < -0.4 is 10.5 Å². The molecule has 0 spiro atoms. The summed E-state index contributed by atoms with van der Waals surface area (Å²) in [5, 5.41) is 1.30. The van der Waals surface area contributed by atoms with Gasteiger partial charge in [0.15, 0.2) is 0 Å². The van der Waals surface area contributed by atoms with Gasteiger partial charge < -0.3 is 10.5 Å². The summed E-state index contributed by atoms with van der Waals surface area (Å²) in [6, 6.07) is 9.32. The van der Waals surface area contributed by atoms with E-state index >= 15 is 0 Å². The molecule has 2 nitrogen and oxygen atoms in total. The van der Waals surface area contributed by atoms with E-state index in [1.807, 2.05) is 38.1 Å². The standard InChI is InChI=1S/C15H15Cl2NO/c1-9-6-12(7-10(2)14(9)17)19-15-11(8-18)4-3-5-13(15)16/h3-7H,8,18H2,1-2H3. The maximum Gasteiger partial charge on any atom is 0.150 e. The van der Waals surface area contributed by atoms with Crippen molar-refractivity contribution >= 4 is 23.2 Å². The SMILES string of the molecule is Cc1cc(Oc2c(Cl)cccc2CN)cc(C)c1Cl. The number of hydrogen-bond acceptors (Lipinski definition) is 2. The minimum absolute atomic E-state index is 0.376. The second-order valence-corrected chi connectivity index (χ2v) is 5.19. The molecule has 0 radical (unpaired) electrons. The third-order valence-electron chi connectivity index (χ3n) is 2.90. The van der Waals surface area contributed by atoms with E-state index in [-0.39, 0.29) is 0 Å². The van der Waals surface area contributed by atoms with Gasteiger partial charge in [-0.3, -0.25) is 0 Å². The fraction of sp³-hybridized carbons (Fsp3) is 0.200. The van der Waals surface area contributed by atoms with Crippen LogP contribution in [0.1, 0.15) is 16.7 Å². The average Bonchev–Trinajstić information content (AvgIpc) is 2.38. The zero-order valence-electron chi connectivity index (χ0n) is 10.8. The van der Waals surface area contributed by atoms with Crippen molar-refractivity contribution < 1.29 is 4.74 Å². The molecule has 2 rings (SSSR count). The first-order valence-electron chi connectivity index (χ1n) is 5.95. The molecular weight excluding hydrogens is 281 g/mol. The summed E-state index contributed by atoms with van der Waals surface area (Å²) >= 11 is 12.3. The lowest BCUT2D eigenvalue weighted by Crippen LogP contribution is -2.00. The number of benzene rings is 2. The minimum atomic E-state index is 0.376. The second kappa shape index (κ2) is 5.83. The molecule has 0 heterocycles. The number of hydrogen-bond donors (Lipinski definition) is 1. The van der Waals surface area contributed by atoms with Gasteiger partial charge >= 0.3 is 0 Å². The third-order valence-corrected chi connectivity index (χ3v) is 3.79. The Balaban J connectivity index is 2.42. The number of aryl methyl sites for hydroxylation is 2. The normalized spacial score (nSPS) is 10.6. The molecule has 19 heavy (non-hydrogen) atoms. The fourth-order valence-corrected chi connectivity index (χ4v) is 2.25. The molecule has 2 N–H and O–H groups in total. The highest BCUT2D eigenvalue weighted by atomic mass is 35.5. The van der Waals surface area contributed by atoms with E-state index in [0.29, 0.717) is 23.1 Å². The number of halogens is 2. The highest BCUT2D eigenvalue weighted by Crippen LogP contribution is 2.35. The number of rotatable bonds is 3. The van der Waals surface area contributed by atoms with E-state index in [4.69, 9.17) is 33.7 Å². The van der Waals surface area contributed by atoms with Gasteiger partial charge in [0, 0.05) is 17.1 Å². The molecule has 0 aliphatic heterocycles. The van der Waals surface area contributed by atoms with Crippen molar-refractivity contribution in [1.29, 1.82) is 0 Å². The Morgan fingerprint density at radius 3 is 2.32 bits per heavy atom. The summed E-state index contributed by atoms with van der Waals surface area (Å²) in [7, 11) is 0. The Labute approximate surface area is 123 Å². The van der Waals surface area contributed by atoms with E-state index in [2.05, 4.69) is 0 Å². The second-order valence-electron chi connectivity index (χ2n) is 4.41. The van der Waals surface area contributed by atoms with Crippen LogP contribution in [0.3, 0.4) is 0 Å². The summed E-state index contributed by atoms with van der Waals surface area (Å²) in [5.74, 6) is 1.31. The van der Waals surface area contributed by atoms with Gasteiger partial charge in [-0.1, -0.05) is 35.3 Å². The molecule has 0 fully saturated rings. The fourth-order valence-electron chi connectivity index (χ4n) is 1.91. The number of ether oxygens (including phenoxy) is 1. The van der Waals surface area contributed by atoms with Gasteiger partial charge in [0.1, 0.15) is 11.5 Å². The van der Waals surface area contributed by atoms with Gasteiger partial charge in [0.25, 0.3) is 0 Å². The molecule has 2 aromatic carbocycles. The first-order chi connectivity index (χ1) is 9.02. The molecule has 0 aromatic heterocycles. The molecule has 100 valence electrons. The Hall–Kier alpha value is -1.22. The lowest BCUT2D eigenvalue weighted by atomic mass is 10.1. The van der Waals surface area contributed by atoms with Crippen LogP contribution in [0.4, 0.5) is 0 Å². The van der Waals surface area contributed by atoms with E-state index in [1.165, 1.54) is 0 Å². The summed E-state index contributed by atoms with van der Waals surface area (Å²) in [6.45, 7) is 4.26. The first-order valence-corrected chi connectivity index (χ1v) is 6.70. The summed E-state index contributed by atoms with van der Waals surface area (Å²) in [6.07, 6.45) is 0. The lowest BCUT2D eigenvalue weighted by Gasteiger charge is -2.13. The molecule has 2 aromatic rings. The van der Waals surface area contributed by atoms with Crippen molar-refractivity contribution in [2.24, 2.45) is 5.73 Å². The third kappa shape index (κ3) is 3.03. The topological polar surface area (TPSA) is 35.2 Å². The van der Waals surface area contributed by atoms with Gasteiger partial charge in [0.2, 0.25) is 0 Å². The zero-order valence-corrected chi connectivity index (χ0v) is 12.3. The Morgan fingerprint density at radius 2 is 1.74 bits per heavy atom. The van der Waals surface area contributed by atoms with Crippen LogP contribution in [0, 0.1) is 13.8 Å². The van der Waals surface area contributed by atoms with Crippen LogP contribution in [0.25, 0.3) is 0 Å². The monoisotopic (exact) mass is 295 g/mol. The van der Waals surface area contributed by atoms with Crippen molar-refractivity contribution in [3.8, 4) is 11.5 Å². The van der Waals surface area contributed by atoms with Gasteiger partial charge in [-0.15, -0.1) is 0 Å². The molecule has 0 aliphatic carbocycles.